The van der Waals surface area contributed by atoms with E-state index >= 15 is 0 Å². The topological polar surface area (TPSA) is 106 Å². The van der Waals surface area contributed by atoms with Crippen LogP contribution in [0.3, 0.4) is 0 Å². The van der Waals surface area contributed by atoms with Crippen LogP contribution in [0.1, 0.15) is 34.6 Å². The zero-order valence-corrected chi connectivity index (χ0v) is 13.8. The minimum atomic E-state index is -1.78. The lowest BCUT2D eigenvalue weighted by Gasteiger charge is -2.36. The molecule has 22 heavy (non-hydrogen) atoms. The van der Waals surface area contributed by atoms with Gasteiger partial charge in [-0.15, -0.1) is 0 Å². The molecule has 2 N–H and O–H groups in total. The minimum absolute atomic E-state index is 0.0402. The quantitative estimate of drug-likeness (QED) is 0.718. The molecule has 0 radical (unpaired) electrons. The third kappa shape index (κ3) is 4.08. The molecule has 1 aliphatic heterocycles. The lowest BCUT2D eigenvalue weighted by molar-refractivity contribution is -0.159. The van der Waals surface area contributed by atoms with Crippen LogP contribution in [0.5, 0.6) is 0 Å². The molecular weight excluding hydrogens is 294 g/mol. The summed E-state index contributed by atoms with van der Waals surface area (Å²) in [7, 11) is 1.10. The molecule has 0 unspecified atom stereocenters. The molecule has 0 aromatic carbocycles. The maximum atomic E-state index is 12.4. The molecule has 0 aromatic heterocycles. The number of carbonyl (C=O) groups excluding carboxylic acids is 2. The molecule has 0 bridgehead atoms. The van der Waals surface area contributed by atoms with Crippen LogP contribution in [0.4, 0.5) is 4.79 Å². The van der Waals surface area contributed by atoms with Gasteiger partial charge in [0.25, 0.3) is 0 Å². The molecular formula is C14H25NO7. The Balaban J connectivity index is 2.98. The van der Waals surface area contributed by atoms with Crippen LogP contribution in [0.2, 0.25) is 0 Å². The second-order valence-corrected chi connectivity index (χ2v) is 6.63. The van der Waals surface area contributed by atoms with E-state index in [1.807, 2.05) is 0 Å². The van der Waals surface area contributed by atoms with Crippen molar-refractivity contribution in [2.45, 2.75) is 64.2 Å². The van der Waals surface area contributed by atoms with Crippen molar-refractivity contribution in [3.8, 4) is 0 Å². The molecule has 1 fully saturated rings. The summed E-state index contributed by atoms with van der Waals surface area (Å²) >= 11 is 0. The molecule has 8 nitrogen and oxygen atoms in total. The molecule has 8 heteroatoms. The first kappa shape index (κ1) is 18.7. The van der Waals surface area contributed by atoms with E-state index in [4.69, 9.17) is 9.47 Å². The van der Waals surface area contributed by atoms with E-state index in [1.54, 1.807) is 34.6 Å². The lowest BCUT2D eigenvalue weighted by atomic mass is 10.0. The first-order valence-electron chi connectivity index (χ1n) is 7.01. The fraction of sp³-hybridized carbons (Fsp3) is 0.857. The molecule has 0 saturated carbocycles. The monoisotopic (exact) mass is 319 g/mol. The lowest BCUT2D eigenvalue weighted by Crippen LogP contribution is -2.56. The molecule has 3 atom stereocenters. The summed E-state index contributed by atoms with van der Waals surface area (Å²) in [4.78, 5) is 24.9. The van der Waals surface area contributed by atoms with Crippen LogP contribution >= 0.6 is 0 Å². The zero-order valence-electron chi connectivity index (χ0n) is 13.8. The van der Waals surface area contributed by atoms with Gasteiger partial charge in [-0.25, -0.2) is 9.59 Å². The second-order valence-electron chi connectivity index (χ2n) is 6.63. The number of methoxy groups -OCH3 is 1. The molecule has 1 aliphatic rings. The minimum Gasteiger partial charge on any atom is -0.467 e. The Labute approximate surface area is 129 Å². The van der Waals surface area contributed by atoms with Crippen LogP contribution in [-0.4, -0.2) is 70.5 Å². The Bertz CT molecular complexity index is 429. The second kappa shape index (κ2) is 6.39. The molecule has 1 saturated heterocycles. The van der Waals surface area contributed by atoms with Crippen molar-refractivity contribution in [1.82, 2.24) is 4.90 Å². The van der Waals surface area contributed by atoms with Gasteiger partial charge in [-0.3, -0.25) is 4.90 Å². The normalized spacial score (nSPS) is 23.8. The third-order valence-electron chi connectivity index (χ3n) is 3.27. The van der Waals surface area contributed by atoms with E-state index in [1.165, 1.54) is 4.90 Å². The Morgan fingerprint density at radius 3 is 2.32 bits per heavy atom. The first-order valence-corrected chi connectivity index (χ1v) is 7.01. The van der Waals surface area contributed by atoms with Gasteiger partial charge in [-0.2, -0.15) is 0 Å². The average Bonchev–Trinajstić information content (AvgIpc) is 2.69. The van der Waals surface area contributed by atoms with Crippen molar-refractivity contribution in [3.63, 3.8) is 0 Å². The number of amides is 1. The largest absolute Gasteiger partial charge is 0.467 e. The zero-order chi connectivity index (χ0) is 17.3. The van der Waals surface area contributed by atoms with Gasteiger partial charge in [-0.05, 0) is 34.6 Å². The molecule has 0 aliphatic carbocycles. The number of ether oxygens (including phenoxy) is 3. The van der Waals surface area contributed by atoms with Gasteiger partial charge >= 0.3 is 12.1 Å². The van der Waals surface area contributed by atoms with Crippen molar-refractivity contribution in [2.75, 3.05) is 13.7 Å². The highest BCUT2D eigenvalue weighted by Crippen LogP contribution is 2.31. The van der Waals surface area contributed by atoms with E-state index in [0.717, 1.165) is 7.11 Å². The van der Waals surface area contributed by atoms with Crippen molar-refractivity contribution >= 4 is 12.1 Å². The van der Waals surface area contributed by atoms with Gasteiger partial charge < -0.3 is 24.4 Å². The summed E-state index contributed by atoms with van der Waals surface area (Å²) in [5.74, 6) is -0.985. The summed E-state index contributed by atoms with van der Waals surface area (Å²) in [6.07, 6.45) is -4.03. The molecule has 128 valence electrons. The van der Waals surface area contributed by atoms with Crippen LogP contribution in [0.25, 0.3) is 0 Å². The maximum absolute atomic E-state index is 12.4. The molecule has 0 spiro atoms. The number of nitrogens with zero attached hydrogens (tertiary/aromatic N) is 1. The predicted molar refractivity (Wildman–Crippen MR) is 75.9 cm³/mol. The molecule has 1 heterocycles. The van der Waals surface area contributed by atoms with Crippen molar-refractivity contribution in [3.05, 3.63) is 0 Å². The van der Waals surface area contributed by atoms with Crippen LogP contribution in [-0.2, 0) is 19.0 Å². The number of hydrogen-bond donors (Lipinski definition) is 2. The summed E-state index contributed by atoms with van der Waals surface area (Å²) in [5.41, 5.74) is -1.77. The first-order chi connectivity index (χ1) is 9.90. The Hall–Kier alpha value is -1.38. The fourth-order valence-electron chi connectivity index (χ4n) is 2.22. The smallest absolute Gasteiger partial charge is 0.412 e. The van der Waals surface area contributed by atoms with E-state index in [0.29, 0.717) is 0 Å². The average molecular weight is 319 g/mol. The van der Waals surface area contributed by atoms with Gasteiger partial charge in [0.2, 0.25) is 0 Å². The number of rotatable bonds is 3. The summed E-state index contributed by atoms with van der Waals surface area (Å²) < 4.78 is 15.2. The van der Waals surface area contributed by atoms with Gasteiger partial charge in [0.1, 0.15) is 17.4 Å². The standard InChI is InChI=1S/C14H25NO7/c1-13(2,3)22-12(19)15-8(7-21-14(15,4)5)9(16)10(17)11(18)20-6/h8-10,16-17H,7H2,1-6H3/t8-,9+,10+/m0/s1. The van der Waals surface area contributed by atoms with Gasteiger partial charge in [-0.1, -0.05) is 0 Å². The number of aliphatic hydroxyl groups excluding tert-OH is 2. The number of hydrogen-bond acceptors (Lipinski definition) is 7. The fourth-order valence-corrected chi connectivity index (χ4v) is 2.22. The van der Waals surface area contributed by atoms with Crippen LogP contribution < -0.4 is 0 Å². The molecule has 1 amide bonds. The summed E-state index contributed by atoms with van der Waals surface area (Å²) in [6.45, 7) is 8.36. The van der Waals surface area contributed by atoms with Crippen LogP contribution in [0.15, 0.2) is 0 Å². The highest BCUT2D eigenvalue weighted by Gasteiger charge is 2.50. The van der Waals surface area contributed by atoms with Crippen molar-refractivity contribution in [1.29, 1.82) is 0 Å². The molecule has 1 rings (SSSR count). The summed E-state index contributed by atoms with van der Waals surface area (Å²) in [5, 5.41) is 20.0. The Kier molecular flexibility index (Phi) is 5.42. The predicted octanol–water partition coefficient (Wildman–Crippen LogP) is 0.253. The summed E-state index contributed by atoms with van der Waals surface area (Å²) in [6, 6.07) is -0.932. The van der Waals surface area contributed by atoms with Gasteiger partial charge in [0.15, 0.2) is 6.10 Å². The Morgan fingerprint density at radius 1 is 1.32 bits per heavy atom. The Morgan fingerprint density at radius 2 is 1.86 bits per heavy atom. The highest BCUT2D eigenvalue weighted by atomic mass is 16.6. The molecule has 0 aromatic rings. The SMILES string of the molecule is COC(=O)[C@H](O)[C@H](O)[C@@H]1COC(C)(C)N1C(=O)OC(C)(C)C. The number of esters is 1. The van der Waals surface area contributed by atoms with E-state index < -0.39 is 41.6 Å². The number of aliphatic hydroxyl groups is 2. The van der Waals surface area contributed by atoms with E-state index in [2.05, 4.69) is 4.74 Å². The van der Waals surface area contributed by atoms with Gasteiger partial charge in [0.05, 0.1) is 19.8 Å². The van der Waals surface area contributed by atoms with E-state index in [-0.39, 0.29) is 6.61 Å². The highest BCUT2D eigenvalue weighted by molar-refractivity contribution is 5.75. The third-order valence-corrected chi connectivity index (χ3v) is 3.27. The van der Waals surface area contributed by atoms with Crippen molar-refractivity contribution < 1.29 is 34.0 Å². The van der Waals surface area contributed by atoms with Gasteiger partial charge in [0, 0.05) is 0 Å². The van der Waals surface area contributed by atoms with Crippen molar-refractivity contribution in [2.24, 2.45) is 0 Å². The maximum Gasteiger partial charge on any atom is 0.412 e. The van der Waals surface area contributed by atoms with E-state index in [9.17, 15) is 19.8 Å². The number of carbonyl (C=O) groups is 2. The van der Waals surface area contributed by atoms with Crippen LogP contribution in [0, 0.1) is 0 Å².